The maximum atomic E-state index is 12.0. The first-order chi connectivity index (χ1) is 12.8. The van der Waals surface area contributed by atoms with Crippen LogP contribution >= 0.6 is 79.6 Å². The molecule has 27 heavy (non-hydrogen) atoms. The second kappa shape index (κ2) is 8.73. The van der Waals surface area contributed by atoms with E-state index in [0.29, 0.717) is 25.6 Å². The summed E-state index contributed by atoms with van der Waals surface area (Å²) in [5, 5.41) is 18.2. The lowest BCUT2D eigenvalue weighted by Crippen LogP contribution is -2.08. The molecule has 11 heteroatoms. The highest BCUT2D eigenvalue weighted by molar-refractivity contribution is 9.12. The summed E-state index contributed by atoms with van der Waals surface area (Å²) in [5.74, 6) is -0.302. The minimum Gasteiger partial charge on any atom is -0.493 e. The molecular weight excluding hydrogens is 682 g/mol. The van der Waals surface area contributed by atoms with Crippen LogP contribution in [-0.2, 0) is 4.79 Å². The van der Waals surface area contributed by atoms with Gasteiger partial charge < -0.3 is 14.8 Å². The van der Waals surface area contributed by atoms with Crippen molar-refractivity contribution in [2.75, 3.05) is 6.61 Å². The second-order valence-corrected chi connectivity index (χ2v) is 9.61. The van der Waals surface area contributed by atoms with E-state index >= 15 is 0 Å². The van der Waals surface area contributed by atoms with Crippen LogP contribution in [0.4, 0.5) is 5.69 Å². The Kier molecular flexibility index (Phi) is 6.78. The summed E-state index contributed by atoms with van der Waals surface area (Å²) in [7, 11) is 0. The molecule has 0 aliphatic heterocycles. The number of aromatic amines is 1. The summed E-state index contributed by atoms with van der Waals surface area (Å²) in [5.41, 5.74) is 0.822. The summed E-state index contributed by atoms with van der Waals surface area (Å²) in [6.07, 6.45) is 0. The van der Waals surface area contributed by atoms with Gasteiger partial charge in [0.05, 0.1) is 14.5 Å². The number of nitrogens with zero attached hydrogens (tertiary/aromatic N) is 2. The van der Waals surface area contributed by atoms with Crippen molar-refractivity contribution in [3.8, 4) is 11.6 Å². The molecular formula is C16H8Br5N3O3. The van der Waals surface area contributed by atoms with Gasteiger partial charge in [-0.2, -0.15) is 0 Å². The average Bonchev–Trinajstić information content (AvgIpc) is 2.88. The Labute approximate surface area is 195 Å². The lowest BCUT2D eigenvalue weighted by atomic mass is 10.2. The Hall–Kier alpha value is -0.750. The first kappa shape index (κ1) is 21.0. The minimum atomic E-state index is -0.598. The monoisotopic (exact) mass is 685 g/mol. The molecule has 0 aliphatic rings. The molecule has 3 rings (SSSR count). The van der Waals surface area contributed by atoms with Gasteiger partial charge in [0.1, 0.15) is 5.75 Å². The fourth-order valence-corrected chi connectivity index (χ4v) is 6.04. The number of carbonyl (C=O) groups is 1. The zero-order valence-electron chi connectivity index (χ0n) is 13.1. The Morgan fingerprint density at radius 1 is 1.00 bits per heavy atom. The summed E-state index contributed by atoms with van der Waals surface area (Å²) >= 11 is 16.9. The number of hydrogen-bond acceptors (Lipinski definition) is 4. The van der Waals surface area contributed by atoms with Crippen molar-refractivity contribution in [3.63, 3.8) is 0 Å². The number of H-pyrrole nitrogens is 1. The van der Waals surface area contributed by atoms with Crippen LogP contribution in [0.1, 0.15) is 0 Å². The third-order valence-electron chi connectivity index (χ3n) is 3.34. The molecule has 1 amide bonds. The van der Waals surface area contributed by atoms with Gasteiger partial charge in [-0.1, -0.05) is 31.9 Å². The number of nitrogens with one attached hydrogen (secondary N) is 1. The molecule has 0 radical (unpaired) electrons. The smallest absolute Gasteiger partial charge is 0.302 e. The Morgan fingerprint density at radius 2 is 1.59 bits per heavy atom. The van der Waals surface area contributed by atoms with Crippen molar-refractivity contribution < 1.29 is 14.6 Å². The van der Waals surface area contributed by atoms with E-state index in [1.54, 1.807) is 18.2 Å². The van der Waals surface area contributed by atoms with Gasteiger partial charge in [-0.15, -0.1) is 10.2 Å². The molecule has 0 bridgehead atoms. The van der Waals surface area contributed by atoms with E-state index in [1.165, 1.54) is 0 Å². The largest absolute Gasteiger partial charge is 0.493 e. The number of benzene rings is 2. The molecule has 1 heterocycles. The molecule has 140 valence electrons. The van der Waals surface area contributed by atoms with Gasteiger partial charge in [0.25, 0.3) is 0 Å². The molecule has 2 N–H and O–H groups in total. The first-order valence-corrected chi connectivity index (χ1v) is 11.1. The van der Waals surface area contributed by atoms with E-state index in [2.05, 4.69) is 94.9 Å². The maximum absolute atomic E-state index is 12.0. The van der Waals surface area contributed by atoms with E-state index < -0.39 is 5.91 Å². The molecule has 0 spiro atoms. The highest BCUT2D eigenvalue weighted by atomic mass is 79.9. The zero-order chi connectivity index (χ0) is 19.7. The minimum absolute atomic E-state index is 0.173. The number of aromatic hydroxyl groups is 1. The van der Waals surface area contributed by atoms with Crippen molar-refractivity contribution >= 4 is 102 Å². The van der Waals surface area contributed by atoms with Gasteiger partial charge >= 0.3 is 5.91 Å². The number of carbonyl (C=O) groups excluding carboxylic acids is 1. The third kappa shape index (κ3) is 4.81. The number of fused-ring (bicyclic) bond motifs is 1. The number of amides is 1. The van der Waals surface area contributed by atoms with Crippen LogP contribution in [0, 0.1) is 0 Å². The Balaban J connectivity index is 1.78. The molecule has 0 aliphatic carbocycles. The van der Waals surface area contributed by atoms with Gasteiger partial charge in [-0.3, -0.25) is 4.79 Å². The van der Waals surface area contributed by atoms with Gasteiger partial charge in [0.2, 0.25) is 5.88 Å². The predicted molar refractivity (Wildman–Crippen MR) is 120 cm³/mol. The van der Waals surface area contributed by atoms with Crippen molar-refractivity contribution in [2.24, 2.45) is 10.2 Å². The second-order valence-electron chi connectivity index (χ2n) is 5.21. The molecule has 1 aromatic heterocycles. The van der Waals surface area contributed by atoms with Crippen LogP contribution in [0.3, 0.4) is 0 Å². The molecule has 6 nitrogen and oxygen atoms in total. The van der Waals surface area contributed by atoms with Gasteiger partial charge in [0, 0.05) is 18.8 Å². The Bertz CT molecular complexity index is 1060. The zero-order valence-corrected chi connectivity index (χ0v) is 21.0. The van der Waals surface area contributed by atoms with Gasteiger partial charge in [-0.05, 0) is 72.1 Å². The summed E-state index contributed by atoms with van der Waals surface area (Å²) < 4.78 is 9.24. The number of hydrogen-bond donors (Lipinski definition) is 2. The average molecular weight is 690 g/mol. The van der Waals surface area contributed by atoms with E-state index in [1.807, 2.05) is 6.07 Å². The van der Waals surface area contributed by atoms with Crippen LogP contribution in [0.25, 0.3) is 10.9 Å². The molecule has 0 fully saturated rings. The van der Waals surface area contributed by atoms with Crippen molar-refractivity contribution in [1.29, 1.82) is 0 Å². The molecule has 0 saturated carbocycles. The molecule has 2 aromatic carbocycles. The van der Waals surface area contributed by atoms with Crippen LogP contribution in [0.2, 0.25) is 0 Å². The van der Waals surface area contributed by atoms with Crippen LogP contribution in [0.15, 0.2) is 56.9 Å². The number of ether oxygens (including phenoxy) is 1. The number of aromatic nitrogens is 1. The number of azo groups is 1. The maximum Gasteiger partial charge on any atom is 0.302 e. The summed E-state index contributed by atoms with van der Waals surface area (Å²) in [4.78, 5) is 14.8. The van der Waals surface area contributed by atoms with Gasteiger partial charge in [-0.25, -0.2) is 0 Å². The number of halogens is 5. The van der Waals surface area contributed by atoms with E-state index in [0.717, 1.165) is 13.4 Å². The third-order valence-corrected chi connectivity index (χ3v) is 6.06. The lowest BCUT2D eigenvalue weighted by molar-refractivity contribution is -0.120. The first-order valence-electron chi connectivity index (χ1n) is 7.18. The van der Waals surface area contributed by atoms with E-state index in [-0.39, 0.29) is 18.2 Å². The Morgan fingerprint density at radius 3 is 2.26 bits per heavy atom. The van der Waals surface area contributed by atoms with Crippen LogP contribution in [0.5, 0.6) is 11.6 Å². The molecule has 0 saturated heterocycles. The van der Waals surface area contributed by atoms with Gasteiger partial charge in [0.15, 0.2) is 12.3 Å². The standard InChI is InChI=1S/C16H8Br5N3O3/c17-6-1-8-13(9(19)2-6)22-16(26)14(8)24-23-12(25)5-27-15-10(20)3-7(18)4-11(15)21/h1-4,22,26H,5H2. The van der Waals surface area contributed by atoms with Crippen LogP contribution in [-0.4, -0.2) is 22.6 Å². The number of rotatable bonds is 4. The lowest BCUT2D eigenvalue weighted by Gasteiger charge is -2.08. The highest BCUT2D eigenvalue weighted by Gasteiger charge is 2.15. The summed E-state index contributed by atoms with van der Waals surface area (Å²) in [6.45, 7) is -0.307. The molecule has 0 atom stereocenters. The predicted octanol–water partition coefficient (Wildman–Crippen LogP) is 7.38. The summed E-state index contributed by atoms with van der Waals surface area (Å²) in [6, 6.07) is 7.19. The normalized spacial score (nSPS) is 11.4. The van der Waals surface area contributed by atoms with E-state index in [9.17, 15) is 9.90 Å². The highest BCUT2D eigenvalue weighted by Crippen LogP contribution is 2.40. The topological polar surface area (TPSA) is 87.0 Å². The quantitative estimate of drug-likeness (QED) is 0.281. The fourth-order valence-electron chi connectivity index (χ4n) is 2.23. The molecule has 0 unspecified atom stereocenters. The van der Waals surface area contributed by atoms with E-state index in [4.69, 9.17) is 4.74 Å². The van der Waals surface area contributed by atoms with Crippen LogP contribution < -0.4 is 4.74 Å². The van der Waals surface area contributed by atoms with Crippen molar-refractivity contribution in [1.82, 2.24) is 4.98 Å². The molecule has 3 aromatic rings. The van der Waals surface area contributed by atoms with Crippen molar-refractivity contribution in [2.45, 2.75) is 0 Å². The fraction of sp³-hybridized carbons (Fsp3) is 0.0625. The SMILES string of the molecule is O=C(COc1c(Br)cc(Br)cc1Br)N=Nc1c(O)[nH]c2c(Br)cc(Br)cc12. The van der Waals surface area contributed by atoms with Crippen molar-refractivity contribution in [3.05, 3.63) is 46.6 Å².